The average molecular weight is 326 g/mol. The lowest BCUT2D eigenvalue weighted by molar-refractivity contribution is 0.466. The molecule has 0 aliphatic rings. The molecule has 7 heteroatoms. The predicted octanol–water partition coefficient (Wildman–Crippen LogP) is 2.45. The van der Waals surface area contributed by atoms with Gasteiger partial charge in [-0.05, 0) is 42.3 Å². The standard InChI is InChI=1S/C14H16ClN3O2S/c1-10-7-12(15)14(8-13(10)16)21(19,20)18(2)9-11-3-5-17-6-4-11/h3-8H,9,16H2,1-2H3. The molecule has 0 amide bonds. The smallest absolute Gasteiger partial charge is 0.244 e. The quantitative estimate of drug-likeness (QED) is 0.876. The monoisotopic (exact) mass is 325 g/mol. The molecule has 21 heavy (non-hydrogen) atoms. The highest BCUT2D eigenvalue weighted by Crippen LogP contribution is 2.29. The van der Waals surface area contributed by atoms with Crippen molar-refractivity contribution in [1.29, 1.82) is 0 Å². The first-order chi connectivity index (χ1) is 9.82. The van der Waals surface area contributed by atoms with Gasteiger partial charge in [-0.2, -0.15) is 4.31 Å². The Kier molecular flexibility index (Phi) is 4.51. The minimum atomic E-state index is -3.71. The molecule has 1 heterocycles. The molecule has 0 atom stereocenters. The third-order valence-corrected chi connectivity index (χ3v) is 5.43. The lowest BCUT2D eigenvalue weighted by atomic mass is 10.2. The molecule has 0 saturated carbocycles. The molecular weight excluding hydrogens is 310 g/mol. The van der Waals surface area contributed by atoms with Crippen molar-refractivity contribution < 1.29 is 8.42 Å². The van der Waals surface area contributed by atoms with Crippen LogP contribution in [0.4, 0.5) is 5.69 Å². The third-order valence-electron chi connectivity index (χ3n) is 3.16. The number of anilines is 1. The fraction of sp³-hybridized carbons (Fsp3) is 0.214. The van der Waals surface area contributed by atoms with Gasteiger partial charge in [0.05, 0.1) is 5.02 Å². The van der Waals surface area contributed by atoms with Crippen LogP contribution in [-0.2, 0) is 16.6 Å². The second-order valence-electron chi connectivity index (χ2n) is 4.76. The van der Waals surface area contributed by atoms with Crippen LogP contribution in [0.15, 0.2) is 41.6 Å². The van der Waals surface area contributed by atoms with E-state index >= 15 is 0 Å². The molecule has 0 saturated heterocycles. The minimum absolute atomic E-state index is 0.0174. The first kappa shape index (κ1) is 15.8. The van der Waals surface area contributed by atoms with Gasteiger partial charge in [0, 0.05) is 31.7 Å². The summed E-state index contributed by atoms with van der Waals surface area (Å²) in [6.07, 6.45) is 3.24. The second-order valence-corrected chi connectivity index (χ2v) is 7.18. The molecule has 0 bridgehead atoms. The molecule has 0 radical (unpaired) electrons. The molecule has 2 N–H and O–H groups in total. The Hall–Kier alpha value is -1.63. The lowest BCUT2D eigenvalue weighted by Gasteiger charge is -2.18. The normalized spacial score (nSPS) is 11.8. The molecule has 2 rings (SSSR count). The highest BCUT2D eigenvalue weighted by Gasteiger charge is 2.24. The Balaban J connectivity index is 2.36. The van der Waals surface area contributed by atoms with E-state index in [1.54, 1.807) is 37.5 Å². The zero-order valence-corrected chi connectivity index (χ0v) is 13.3. The number of aromatic nitrogens is 1. The SMILES string of the molecule is Cc1cc(Cl)c(S(=O)(=O)N(C)Cc2ccncc2)cc1N. The van der Waals surface area contributed by atoms with E-state index in [2.05, 4.69) is 4.98 Å². The topological polar surface area (TPSA) is 76.3 Å². The van der Waals surface area contributed by atoms with E-state index in [0.29, 0.717) is 5.69 Å². The number of benzene rings is 1. The van der Waals surface area contributed by atoms with Crippen LogP contribution < -0.4 is 5.73 Å². The fourth-order valence-corrected chi connectivity index (χ4v) is 3.61. The Morgan fingerprint density at radius 2 is 1.90 bits per heavy atom. The van der Waals surface area contributed by atoms with E-state index in [4.69, 9.17) is 17.3 Å². The maximum atomic E-state index is 12.6. The van der Waals surface area contributed by atoms with Crippen LogP contribution in [0.5, 0.6) is 0 Å². The molecule has 0 spiro atoms. The van der Waals surface area contributed by atoms with Crippen molar-refractivity contribution in [3.05, 3.63) is 52.8 Å². The minimum Gasteiger partial charge on any atom is -0.398 e. The number of nitrogens with two attached hydrogens (primary N) is 1. The number of nitrogen functional groups attached to an aromatic ring is 1. The number of hydrogen-bond donors (Lipinski definition) is 1. The zero-order chi connectivity index (χ0) is 15.6. The number of aryl methyl sites for hydroxylation is 1. The molecule has 0 aliphatic heterocycles. The van der Waals surface area contributed by atoms with Crippen LogP contribution in [0, 0.1) is 6.92 Å². The summed E-state index contributed by atoms with van der Waals surface area (Å²) < 4.78 is 26.4. The van der Waals surface area contributed by atoms with Crippen molar-refractivity contribution in [3.63, 3.8) is 0 Å². The third kappa shape index (κ3) is 3.34. The maximum Gasteiger partial charge on any atom is 0.244 e. The van der Waals surface area contributed by atoms with Crippen molar-refractivity contribution in [3.8, 4) is 0 Å². The molecule has 0 aliphatic carbocycles. The molecule has 0 fully saturated rings. The molecule has 1 aromatic heterocycles. The number of pyridine rings is 1. The maximum absolute atomic E-state index is 12.6. The number of sulfonamides is 1. The van der Waals surface area contributed by atoms with Gasteiger partial charge in [-0.1, -0.05) is 11.6 Å². The summed E-state index contributed by atoms with van der Waals surface area (Å²) in [6, 6.07) is 6.48. The fourth-order valence-electron chi connectivity index (χ4n) is 1.86. The van der Waals surface area contributed by atoms with E-state index in [9.17, 15) is 8.42 Å². The lowest BCUT2D eigenvalue weighted by Crippen LogP contribution is -2.27. The summed E-state index contributed by atoms with van der Waals surface area (Å²) in [6.45, 7) is 2.01. The van der Waals surface area contributed by atoms with Crippen LogP contribution in [0.25, 0.3) is 0 Å². The van der Waals surface area contributed by atoms with Crippen molar-refractivity contribution in [2.24, 2.45) is 0 Å². The van der Waals surface area contributed by atoms with Gasteiger partial charge < -0.3 is 5.73 Å². The summed E-state index contributed by atoms with van der Waals surface area (Å²) in [5, 5.41) is 0.170. The molecular formula is C14H16ClN3O2S. The van der Waals surface area contributed by atoms with E-state index in [0.717, 1.165) is 11.1 Å². The summed E-state index contributed by atoms with van der Waals surface area (Å²) in [5.41, 5.74) is 7.77. The van der Waals surface area contributed by atoms with Gasteiger partial charge in [-0.15, -0.1) is 0 Å². The van der Waals surface area contributed by atoms with Gasteiger partial charge >= 0.3 is 0 Å². The average Bonchev–Trinajstić information content (AvgIpc) is 2.43. The number of rotatable bonds is 4. The molecule has 0 unspecified atom stereocenters. The van der Waals surface area contributed by atoms with Gasteiger partial charge in [0.1, 0.15) is 4.90 Å². The van der Waals surface area contributed by atoms with Crippen LogP contribution in [0.1, 0.15) is 11.1 Å². The van der Waals surface area contributed by atoms with Crippen LogP contribution >= 0.6 is 11.6 Å². The van der Waals surface area contributed by atoms with E-state index in [1.165, 1.54) is 17.4 Å². The second kappa shape index (κ2) is 6.01. The Bertz CT molecular complexity index is 748. The van der Waals surface area contributed by atoms with Crippen molar-refractivity contribution >= 4 is 27.3 Å². The summed E-state index contributed by atoms with van der Waals surface area (Å²) >= 11 is 6.06. The summed E-state index contributed by atoms with van der Waals surface area (Å²) in [5.74, 6) is 0. The highest BCUT2D eigenvalue weighted by atomic mass is 35.5. The number of halogens is 1. The van der Waals surface area contributed by atoms with E-state index in [-0.39, 0.29) is 16.5 Å². The predicted molar refractivity (Wildman–Crippen MR) is 83.5 cm³/mol. The van der Waals surface area contributed by atoms with Gasteiger partial charge in [-0.3, -0.25) is 4.98 Å². The summed E-state index contributed by atoms with van der Waals surface area (Å²) in [4.78, 5) is 3.92. The summed E-state index contributed by atoms with van der Waals surface area (Å²) in [7, 11) is -2.20. The Morgan fingerprint density at radius 1 is 1.29 bits per heavy atom. The van der Waals surface area contributed by atoms with Gasteiger partial charge in [0.25, 0.3) is 0 Å². The van der Waals surface area contributed by atoms with Gasteiger partial charge in [0.15, 0.2) is 0 Å². The number of hydrogen-bond acceptors (Lipinski definition) is 4. The Morgan fingerprint density at radius 3 is 2.52 bits per heavy atom. The largest absolute Gasteiger partial charge is 0.398 e. The van der Waals surface area contributed by atoms with Gasteiger partial charge in [-0.25, -0.2) is 8.42 Å². The van der Waals surface area contributed by atoms with E-state index in [1.807, 2.05) is 0 Å². The zero-order valence-electron chi connectivity index (χ0n) is 11.7. The van der Waals surface area contributed by atoms with Crippen molar-refractivity contribution in [2.45, 2.75) is 18.4 Å². The first-order valence-electron chi connectivity index (χ1n) is 6.23. The Labute approximate surface area is 129 Å². The molecule has 112 valence electrons. The van der Waals surface area contributed by atoms with Gasteiger partial charge in [0.2, 0.25) is 10.0 Å². The van der Waals surface area contributed by atoms with Crippen LogP contribution in [-0.4, -0.2) is 24.8 Å². The first-order valence-corrected chi connectivity index (χ1v) is 8.05. The molecule has 2 aromatic rings. The highest BCUT2D eigenvalue weighted by molar-refractivity contribution is 7.89. The van der Waals surface area contributed by atoms with Crippen LogP contribution in [0.3, 0.4) is 0 Å². The van der Waals surface area contributed by atoms with E-state index < -0.39 is 10.0 Å². The molecule has 1 aromatic carbocycles. The van der Waals surface area contributed by atoms with Crippen molar-refractivity contribution in [1.82, 2.24) is 9.29 Å². The molecule has 5 nitrogen and oxygen atoms in total. The van der Waals surface area contributed by atoms with Crippen molar-refractivity contribution in [2.75, 3.05) is 12.8 Å². The number of nitrogens with zero attached hydrogens (tertiary/aromatic N) is 2. The van der Waals surface area contributed by atoms with Crippen LogP contribution in [0.2, 0.25) is 5.02 Å².